The van der Waals surface area contributed by atoms with Gasteiger partial charge in [0.05, 0.1) is 5.56 Å². The van der Waals surface area contributed by atoms with E-state index in [1.54, 1.807) is 0 Å². The standard InChI is InChI=1S/C10H9F2N3/c1-2-9-13-10(15-14-9)7-5-6(11)3-4-8(7)12/h3-5H,2H2,1H3,(H,13,14,15). The first kappa shape index (κ1) is 9.76. The molecule has 0 fully saturated rings. The molecule has 0 aliphatic heterocycles. The van der Waals surface area contributed by atoms with Crippen LogP contribution in [-0.4, -0.2) is 15.2 Å². The van der Waals surface area contributed by atoms with Crippen molar-refractivity contribution in [2.45, 2.75) is 13.3 Å². The van der Waals surface area contributed by atoms with Gasteiger partial charge < -0.3 is 0 Å². The number of hydrogen-bond acceptors (Lipinski definition) is 2. The Bertz CT molecular complexity index is 479. The van der Waals surface area contributed by atoms with Gasteiger partial charge in [-0.15, -0.1) is 0 Å². The average Bonchev–Trinajstić information content (AvgIpc) is 2.70. The number of nitrogens with zero attached hydrogens (tertiary/aromatic N) is 2. The fourth-order valence-electron chi connectivity index (χ4n) is 1.24. The van der Waals surface area contributed by atoms with Crippen LogP contribution >= 0.6 is 0 Å². The third-order valence-corrected chi connectivity index (χ3v) is 2.04. The van der Waals surface area contributed by atoms with Crippen LogP contribution in [0.4, 0.5) is 8.78 Å². The van der Waals surface area contributed by atoms with Crippen molar-refractivity contribution >= 4 is 0 Å². The Labute approximate surface area is 85.2 Å². The fourth-order valence-corrected chi connectivity index (χ4v) is 1.24. The highest BCUT2D eigenvalue weighted by Gasteiger charge is 2.11. The lowest BCUT2D eigenvalue weighted by molar-refractivity contribution is 0.602. The monoisotopic (exact) mass is 209 g/mol. The van der Waals surface area contributed by atoms with Gasteiger partial charge in [-0.1, -0.05) is 6.92 Å². The molecular formula is C10H9F2N3. The van der Waals surface area contributed by atoms with Gasteiger partial charge in [-0.2, -0.15) is 5.10 Å². The normalized spacial score (nSPS) is 10.6. The van der Waals surface area contributed by atoms with E-state index in [2.05, 4.69) is 15.2 Å². The predicted molar refractivity (Wildman–Crippen MR) is 51.1 cm³/mol. The molecule has 1 N–H and O–H groups in total. The van der Waals surface area contributed by atoms with E-state index in [4.69, 9.17) is 0 Å². The number of rotatable bonds is 2. The van der Waals surface area contributed by atoms with Crippen LogP contribution in [0.3, 0.4) is 0 Å². The largest absolute Gasteiger partial charge is 0.263 e. The molecule has 15 heavy (non-hydrogen) atoms. The molecule has 0 bridgehead atoms. The van der Waals surface area contributed by atoms with Crippen LogP contribution in [0.5, 0.6) is 0 Å². The van der Waals surface area contributed by atoms with Crippen LogP contribution in [-0.2, 0) is 6.42 Å². The fraction of sp³-hybridized carbons (Fsp3) is 0.200. The summed E-state index contributed by atoms with van der Waals surface area (Å²) < 4.78 is 26.2. The van der Waals surface area contributed by atoms with E-state index < -0.39 is 11.6 Å². The summed E-state index contributed by atoms with van der Waals surface area (Å²) in [6, 6.07) is 3.21. The summed E-state index contributed by atoms with van der Waals surface area (Å²) >= 11 is 0. The maximum atomic E-state index is 13.3. The average molecular weight is 209 g/mol. The Kier molecular flexibility index (Phi) is 2.45. The van der Waals surface area contributed by atoms with Crippen LogP contribution < -0.4 is 0 Å². The van der Waals surface area contributed by atoms with Crippen LogP contribution in [0, 0.1) is 11.6 Å². The Morgan fingerprint density at radius 3 is 2.80 bits per heavy atom. The number of halogens is 2. The maximum Gasteiger partial charge on any atom is 0.184 e. The van der Waals surface area contributed by atoms with Gasteiger partial charge in [-0.3, -0.25) is 5.10 Å². The summed E-state index contributed by atoms with van der Waals surface area (Å²) in [4.78, 5) is 4.03. The smallest absolute Gasteiger partial charge is 0.184 e. The lowest BCUT2D eigenvalue weighted by Gasteiger charge is -1.97. The molecule has 1 heterocycles. The molecule has 2 rings (SSSR count). The summed E-state index contributed by atoms with van der Waals surface area (Å²) in [6.07, 6.45) is 0.671. The van der Waals surface area contributed by atoms with Crippen LogP contribution in [0.25, 0.3) is 11.4 Å². The van der Waals surface area contributed by atoms with Crippen molar-refractivity contribution in [1.82, 2.24) is 15.2 Å². The van der Waals surface area contributed by atoms with Gasteiger partial charge in [0.25, 0.3) is 0 Å². The van der Waals surface area contributed by atoms with Crippen molar-refractivity contribution in [1.29, 1.82) is 0 Å². The van der Waals surface area contributed by atoms with Gasteiger partial charge in [-0.05, 0) is 18.2 Å². The van der Waals surface area contributed by atoms with Gasteiger partial charge >= 0.3 is 0 Å². The van der Waals surface area contributed by atoms with E-state index in [1.165, 1.54) is 0 Å². The molecule has 2 aromatic rings. The number of benzene rings is 1. The molecule has 0 saturated heterocycles. The predicted octanol–water partition coefficient (Wildman–Crippen LogP) is 2.31. The highest BCUT2D eigenvalue weighted by Crippen LogP contribution is 2.19. The van der Waals surface area contributed by atoms with Gasteiger partial charge in [0, 0.05) is 6.42 Å². The number of aromatic amines is 1. The number of aryl methyl sites for hydroxylation is 1. The van der Waals surface area contributed by atoms with E-state index >= 15 is 0 Å². The SMILES string of the molecule is CCc1nc(-c2cc(F)ccc2F)n[nH]1. The molecule has 1 aromatic carbocycles. The van der Waals surface area contributed by atoms with Gasteiger partial charge in [0.15, 0.2) is 5.82 Å². The molecule has 0 unspecified atom stereocenters. The molecule has 0 amide bonds. The number of H-pyrrole nitrogens is 1. The van der Waals surface area contributed by atoms with Crippen LogP contribution in [0.2, 0.25) is 0 Å². The third-order valence-electron chi connectivity index (χ3n) is 2.04. The number of nitrogens with one attached hydrogen (secondary N) is 1. The van der Waals surface area contributed by atoms with Crippen molar-refractivity contribution < 1.29 is 8.78 Å². The van der Waals surface area contributed by atoms with E-state index in [-0.39, 0.29) is 11.4 Å². The molecule has 0 atom stereocenters. The van der Waals surface area contributed by atoms with Crippen molar-refractivity contribution in [3.05, 3.63) is 35.7 Å². The van der Waals surface area contributed by atoms with Crippen LogP contribution in [0.15, 0.2) is 18.2 Å². The summed E-state index contributed by atoms with van der Waals surface area (Å²) in [5.74, 6) is -0.204. The first-order chi connectivity index (χ1) is 7.20. The summed E-state index contributed by atoms with van der Waals surface area (Å²) in [5.41, 5.74) is 0.0750. The molecule has 1 aromatic heterocycles. The summed E-state index contributed by atoms with van der Waals surface area (Å²) in [7, 11) is 0. The van der Waals surface area contributed by atoms with E-state index in [0.717, 1.165) is 18.2 Å². The Hall–Kier alpha value is -1.78. The molecule has 0 saturated carbocycles. The van der Waals surface area contributed by atoms with Crippen molar-refractivity contribution in [2.24, 2.45) is 0 Å². The zero-order valence-electron chi connectivity index (χ0n) is 8.09. The highest BCUT2D eigenvalue weighted by atomic mass is 19.1. The molecule has 0 radical (unpaired) electrons. The summed E-state index contributed by atoms with van der Waals surface area (Å²) in [6.45, 7) is 1.90. The van der Waals surface area contributed by atoms with Gasteiger partial charge in [0.1, 0.15) is 17.5 Å². The van der Waals surface area contributed by atoms with Gasteiger partial charge in [-0.25, -0.2) is 13.8 Å². The second-order valence-corrected chi connectivity index (χ2v) is 3.08. The topological polar surface area (TPSA) is 41.6 Å². The first-order valence-electron chi connectivity index (χ1n) is 4.57. The number of hydrogen-bond donors (Lipinski definition) is 1. The lowest BCUT2D eigenvalue weighted by Crippen LogP contribution is -1.88. The molecule has 5 heteroatoms. The maximum absolute atomic E-state index is 13.3. The van der Waals surface area contributed by atoms with Crippen molar-refractivity contribution in [3.8, 4) is 11.4 Å². The molecule has 0 aliphatic rings. The summed E-state index contributed by atoms with van der Waals surface area (Å²) in [5, 5.41) is 6.47. The van der Waals surface area contributed by atoms with E-state index in [1.807, 2.05) is 6.92 Å². The van der Waals surface area contributed by atoms with Crippen molar-refractivity contribution in [2.75, 3.05) is 0 Å². The van der Waals surface area contributed by atoms with Crippen molar-refractivity contribution in [3.63, 3.8) is 0 Å². The molecular weight excluding hydrogens is 200 g/mol. The van der Waals surface area contributed by atoms with E-state index in [0.29, 0.717) is 12.2 Å². The molecule has 78 valence electrons. The molecule has 0 spiro atoms. The minimum absolute atomic E-state index is 0.0750. The third kappa shape index (κ3) is 1.86. The quantitative estimate of drug-likeness (QED) is 0.824. The van der Waals surface area contributed by atoms with Crippen LogP contribution in [0.1, 0.15) is 12.7 Å². The minimum atomic E-state index is -0.530. The zero-order valence-corrected chi connectivity index (χ0v) is 8.09. The Morgan fingerprint density at radius 1 is 1.33 bits per heavy atom. The second kappa shape index (κ2) is 3.76. The highest BCUT2D eigenvalue weighted by molar-refractivity contribution is 5.55. The molecule has 0 aliphatic carbocycles. The molecule has 3 nitrogen and oxygen atoms in total. The zero-order chi connectivity index (χ0) is 10.8. The Morgan fingerprint density at radius 2 is 2.13 bits per heavy atom. The van der Waals surface area contributed by atoms with Gasteiger partial charge in [0.2, 0.25) is 0 Å². The van der Waals surface area contributed by atoms with E-state index in [9.17, 15) is 8.78 Å². The first-order valence-corrected chi connectivity index (χ1v) is 4.57. The minimum Gasteiger partial charge on any atom is -0.263 e. The second-order valence-electron chi connectivity index (χ2n) is 3.08. The number of aromatic nitrogens is 3. The Balaban J connectivity index is 2.48. The lowest BCUT2D eigenvalue weighted by atomic mass is 10.2.